The van der Waals surface area contributed by atoms with E-state index in [1.165, 1.54) is 11.1 Å². The third-order valence-corrected chi connectivity index (χ3v) is 3.38. The highest BCUT2D eigenvalue weighted by molar-refractivity contribution is 5.27. The van der Waals surface area contributed by atoms with E-state index in [4.69, 9.17) is 10.6 Å². The zero-order valence-corrected chi connectivity index (χ0v) is 11.8. The number of hydrogen-bond acceptors (Lipinski definition) is 5. The first-order chi connectivity index (χ1) is 9.76. The number of nitrogens with one attached hydrogen (secondary N) is 1. The summed E-state index contributed by atoms with van der Waals surface area (Å²) in [6.45, 7) is 2.11. The summed E-state index contributed by atoms with van der Waals surface area (Å²) >= 11 is 0. The van der Waals surface area contributed by atoms with Crippen molar-refractivity contribution in [1.82, 2.24) is 15.4 Å². The number of nitrogens with two attached hydrogens (primary N) is 1. The SMILES string of the molecule is COc1nccnc1C(CCc1ccccc1C)NN. The lowest BCUT2D eigenvalue weighted by Gasteiger charge is -2.17. The van der Waals surface area contributed by atoms with Crippen LogP contribution >= 0.6 is 0 Å². The van der Waals surface area contributed by atoms with Crippen LogP contribution in [0.3, 0.4) is 0 Å². The predicted molar refractivity (Wildman–Crippen MR) is 78.1 cm³/mol. The van der Waals surface area contributed by atoms with Gasteiger partial charge >= 0.3 is 0 Å². The Labute approximate surface area is 119 Å². The largest absolute Gasteiger partial charge is 0.480 e. The van der Waals surface area contributed by atoms with Crippen molar-refractivity contribution in [3.05, 3.63) is 53.5 Å². The molecular formula is C15H20N4O. The van der Waals surface area contributed by atoms with Crippen molar-refractivity contribution < 1.29 is 4.74 Å². The fraction of sp³-hybridized carbons (Fsp3) is 0.333. The first-order valence-corrected chi connectivity index (χ1v) is 6.61. The molecule has 0 spiro atoms. The van der Waals surface area contributed by atoms with Gasteiger partial charge in [0.25, 0.3) is 0 Å². The van der Waals surface area contributed by atoms with Gasteiger partial charge in [-0.3, -0.25) is 16.3 Å². The van der Waals surface area contributed by atoms with Crippen molar-refractivity contribution >= 4 is 0 Å². The second-order valence-corrected chi connectivity index (χ2v) is 4.64. The van der Waals surface area contributed by atoms with Crippen molar-refractivity contribution in [1.29, 1.82) is 0 Å². The third kappa shape index (κ3) is 3.31. The van der Waals surface area contributed by atoms with Gasteiger partial charge in [-0.25, -0.2) is 4.98 Å². The van der Waals surface area contributed by atoms with Gasteiger partial charge in [0.2, 0.25) is 5.88 Å². The molecule has 0 saturated carbocycles. The molecule has 0 bridgehead atoms. The molecule has 106 valence electrons. The maximum Gasteiger partial charge on any atom is 0.237 e. The molecule has 0 aliphatic rings. The van der Waals surface area contributed by atoms with Gasteiger partial charge in [-0.1, -0.05) is 24.3 Å². The number of nitrogens with zero attached hydrogens (tertiary/aromatic N) is 2. The number of benzene rings is 1. The number of ether oxygens (including phenoxy) is 1. The van der Waals surface area contributed by atoms with E-state index in [0.29, 0.717) is 5.88 Å². The molecule has 1 heterocycles. The maximum absolute atomic E-state index is 5.66. The average molecular weight is 272 g/mol. The van der Waals surface area contributed by atoms with E-state index in [9.17, 15) is 0 Å². The zero-order valence-electron chi connectivity index (χ0n) is 11.8. The number of hydrogen-bond donors (Lipinski definition) is 2. The molecule has 5 nitrogen and oxygen atoms in total. The highest BCUT2D eigenvalue weighted by atomic mass is 16.5. The molecule has 0 aliphatic carbocycles. The van der Waals surface area contributed by atoms with E-state index in [1.807, 2.05) is 6.07 Å². The van der Waals surface area contributed by atoms with Crippen LogP contribution in [0.15, 0.2) is 36.7 Å². The zero-order chi connectivity index (χ0) is 14.4. The third-order valence-electron chi connectivity index (χ3n) is 3.38. The second-order valence-electron chi connectivity index (χ2n) is 4.64. The van der Waals surface area contributed by atoms with Crippen LogP contribution in [-0.2, 0) is 6.42 Å². The normalized spacial score (nSPS) is 12.2. The molecule has 1 aromatic heterocycles. The number of aryl methyl sites for hydroxylation is 2. The van der Waals surface area contributed by atoms with Crippen LogP contribution in [0, 0.1) is 6.92 Å². The Hall–Kier alpha value is -1.98. The van der Waals surface area contributed by atoms with Crippen LogP contribution in [0.4, 0.5) is 0 Å². The van der Waals surface area contributed by atoms with Crippen LogP contribution < -0.4 is 16.0 Å². The van der Waals surface area contributed by atoms with Gasteiger partial charge < -0.3 is 4.74 Å². The Morgan fingerprint density at radius 2 is 2.00 bits per heavy atom. The molecule has 0 radical (unpaired) electrons. The van der Waals surface area contributed by atoms with Gasteiger partial charge in [-0.15, -0.1) is 0 Å². The molecule has 1 atom stereocenters. The quantitative estimate of drug-likeness (QED) is 0.621. The molecule has 0 aliphatic heterocycles. The first kappa shape index (κ1) is 14.4. The minimum Gasteiger partial charge on any atom is -0.480 e. The molecule has 0 amide bonds. The van der Waals surface area contributed by atoms with Gasteiger partial charge in [-0.05, 0) is 30.9 Å². The molecule has 0 saturated heterocycles. The van der Waals surface area contributed by atoms with Crippen molar-refractivity contribution in [2.24, 2.45) is 5.84 Å². The highest BCUT2D eigenvalue weighted by Gasteiger charge is 2.17. The molecular weight excluding hydrogens is 252 g/mol. The summed E-state index contributed by atoms with van der Waals surface area (Å²) in [5.41, 5.74) is 6.14. The van der Waals surface area contributed by atoms with Gasteiger partial charge in [0.1, 0.15) is 5.69 Å². The van der Waals surface area contributed by atoms with E-state index in [1.54, 1.807) is 19.5 Å². The van der Waals surface area contributed by atoms with Crippen molar-refractivity contribution in [2.45, 2.75) is 25.8 Å². The summed E-state index contributed by atoms with van der Waals surface area (Å²) in [5.74, 6) is 6.17. The number of rotatable bonds is 6. The Bertz CT molecular complexity index is 559. The van der Waals surface area contributed by atoms with Gasteiger partial charge in [0.15, 0.2) is 0 Å². The monoisotopic (exact) mass is 272 g/mol. The summed E-state index contributed by atoms with van der Waals surface area (Å²) in [5, 5.41) is 0. The van der Waals surface area contributed by atoms with Crippen LogP contribution in [0.2, 0.25) is 0 Å². The minimum atomic E-state index is -0.0849. The fourth-order valence-electron chi connectivity index (χ4n) is 2.22. The van der Waals surface area contributed by atoms with E-state index in [0.717, 1.165) is 18.5 Å². The van der Waals surface area contributed by atoms with E-state index in [2.05, 4.69) is 40.5 Å². The number of methoxy groups -OCH3 is 1. The van der Waals surface area contributed by atoms with Crippen molar-refractivity contribution in [2.75, 3.05) is 7.11 Å². The van der Waals surface area contributed by atoms with Gasteiger partial charge in [0.05, 0.1) is 13.2 Å². The van der Waals surface area contributed by atoms with Gasteiger partial charge in [-0.2, -0.15) is 0 Å². The maximum atomic E-state index is 5.66. The van der Waals surface area contributed by atoms with Crippen LogP contribution in [-0.4, -0.2) is 17.1 Å². The Balaban J connectivity index is 2.11. The molecule has 2 rings (SSSR count). The summed E-state index contributed by atoms with van der Waals surface area (Å²) in [6, 6.07) is 8.26. The Kier molecular flexibility index (Phi) is 5.03. The molecule has 3 N–H and O–H groups in total. The lowest BCUT2D eigenvalue weighted by molar-refractivity contribution is 0.374. The molecule has 20 heavy (non-hydrogen) atoms. The van der Waals surface area contributed by atoms with Crippen LogP contribution in [0.5, 0.6) is 5.88 Å². The summed E-state index contributed by atoms with van der Waals surface area (Å²) in [4.78, 5) is 8.48. The number of hydrazine groups is 1. The minimum absolute atomic E-state index is 0.0849. The van der Waals surface area contributed by atoms with E-state index in [-0.39, 0.29) is 6.04 Å². The second kappa shape index (κ2) is 6.98. The molecule has 0 fully saturated rings. The predicted octanol–water partition coefficient (Wildman–Crippen LogP) is 1.93. The summed E-state index contributed by atoms with van der Waals surface area (Å²) in [7, 11) is 1.59. The molecule has 5 heteroatoms. The van der Waals surface area contributed by atoms with E-state index < -0.39 is 0 Å². The Morgan fingerprint density at radius 1 is 1.25 bits per heavy atom. The van der Waals surface area contributed by atoms with Crippen LogP contribution in [0.25, 0.3) is 0 Å². The Morgan fingerprint density at radius 3 is 2.70 bits per heavy atom. The molecule has 1 unspecified atom stereocenters. The number of aromatic nitrogens is 2. The molecule has 1 aromatic carbocycles. The molecule has 2 aromatic rings. The lowest BCUT2D eigenvalue weighted by Crippen LogP contribution is -2.29. The first-order valence-electron chi connectivity index (χ1n) is 6.61. The highest BCUT2D eigenvalue weighted by Crippen LogP contribution is 2.24. The topological polar surface area (TPSA) is 73.1 Å². The summed E-state index contributed by atoms with van der Waals surface area (Å²) < 4.78 is 5.23. The van der Waals surface area contributed by atoms with E-state index >= 15 is 0 Å². The average Bonchev–Trinajstić information content (AvgIpc) is 2.50. The van der Waals surface area contributed by atoms with Crippen LogP contribution in [0.1, 0.15) is 29.3 Å². The smallest absolute Gasteiger partial charge is 0.237 e. The fourth-order valence-corrected chi connectivity index (χ4v) is 2.22. The summed E-state index contributed by atoms with van der Waals surface area (Å²) in [6.07, 6.45) is 5.00. The van der Waals surface area contributed by atoms with Crippen molar-refractivity contribution in [3.63, 3.8) is 0 Å². The lowest BCUT2D eigenvalue weighted by atomic mass is 10.00. The van der Waals surface area contributed by atoms with Crippen molar-refractivity contribution in [3.8, 4) is 5.88 Å². The standard InChI is InChI=1S/C15H20N4O/c1-11-5-3-4-6-12(11)7-8-13(19-16)14-15(20-2)18-10-9-17-14/h3-6,9-10,13,19H,7-8,16H2,1-2H3. The van der Waals surface area contributed by atoms with Gasteiger partial charge in [0, 0.05) is 12.4 Å².